The molecule has 0 spiro atoms. The van der Waals surface area contributed by atoms with E-state index < -0.39 is 5.60 Å². The summed E-state index contributed by atoms with van der Waals surface area (Å²) in [7, 11) is 1.67. The zero-order valence-corrected chi connectivity index (χ0v) is 11.3. The van der Waals surface area contributed by atoms with Crippen LogP contribution >= 0.6 is 0 Å². The van der Waals surface area contributed by atoms with Crippen LogP contribution in [0.2, 0.25) is 0 Å². The minimum absolute atomic E-state index is 0.0242. The van der Waals surface area contributed by atoms with Gasteiger partial charge in [-0.1, -0.05) is 20.8 Å². The lowest BCUT2D eigenvalue weighted by molar-refractivity contribution is -0.00929. The molecule has 1 atom stereocenters. The van der Waals surface area contributed by atoms with Gasteiger partial charge in [0.2, 0.25) is 0 Å². The molecule has 1 rings (SSSR count). The maximum absolute atomic E-state index is 9.26. The molecule has 0 aliphatic rings. The van der Waals surface area contributed by atoms with Crippen LogP contribution in [0.5, 0.6) is 0 Å². The Morgan fingerprint density at radius 3 is 2.53 bits per heavy atom. The zero-order valence-electron chi connectivity index (χ0n) is 11.3. The highest BCUT2D eigenvalue weighted by Gasteiger charge is 2.28. The van der Waals surface area contributed by atoms with Crippen molar-refractivity contribution in [3.05, 3.63) is 23.3 Å². The van der Waals surface area contributed by atoms with Gasteiger partial charge in [0.25, 0.3) is 0 Å². The highest BCUT2D eigenvalue weighted by atomic mass is 16.5. The first-order valence-corrected chi connectivity index (χ1v) is 6.00. The number of rotatable bonds is 5. The Hall–Kier alpha value is -1.00. The van der Waals surface area contributed by atoms with Crippen LogP contribution in [0.25, 0.3) is 0 Å². The van der Waals surface area contributed by atoms with E-state index in [0.717, 1.165) is 17.7 Å². The fourth-order valence-electron chi connectivity index (χ4n) is 1.69. The molecule has 1 unspecified atom stereocenters. The smallest absolute Gasteiger partial charge is 0.160 e. The molecule has 17 heavy (non-hydrogen) atoms. The molecular weight excluding hydrogens is 216 g/mol. The molecule has 1 aromatic rings. The Labute approximate surface area is 103 Å². The second-order valence-electron chi connectivity index (χ2n) is 4.71. The van der Waals surface area contributed by atoms with Gasteiger partial charge in [-0.25, -0.2) is 9.97 Å². The first-order chi connectivity index (χ1) is 7.98. The van der Waals surface area contributed by atoms with E-state index in [4.69, 9.17) is 4.74 Å². The Morgan fingerprint density at radius 1 is 1.47 bits per heavy atom. The van der Waals surface area contributed by atoms with Crippen molar-refractivity contribution in [2.75, 3.05) is 7.11 Å². The summed E-state index contributed by atoms with van der Waals surface area (Å²) in [6.45, 7) is 8.11. The summed E-state index contributed by atoms with van der Waals surface area (Å²) < 4.78 is 5.49. The molecule has 96 valence electrons. The van der Waals surface area contributed by atoms with Gasteiger partial charge in [0.1, 0.15) is 5.60 Å². The fraction of sp³-hybridized carbons (Fsp3) is 0.692. The fourth-order valence-corrected chi connectivity index (χ4v) is 1.69. The summed E-state index contributed by atoms with van der Waals surface area (Å²) in [4.78, 5) is 8.87. The van der Waals surface area contributed by atoms with Gasteiger partial charge in [-0.15, -0.1) is 0 Å². The van der Waals surface area contributed by atoms with Crippen LogP contribution in [-0.2, 0) is 16.9 Å². The lowest BCUT2D eigenvalue weighted by atomic mass is 10.00. The molecule has 4 nitrogen and oxygen atoms in total. The van der Waals surface area contributed by atoms with Crippen molar-refractivity contribution in [3.63, 3.8) is 0 Å². The average molecular weight is 238 g/mol. The highest BCUT2D eigenvalue weighted by Crippen LogP contribution is 2.27. The van der Waals surface area contributed by atoms with Crippen molar-refractivity contribution in [3.8, 4) is 0 Å². The molecule has 0 aliphatic carbocycles. The van der Waals surface area contributed by atoms with E-state index in [0.29, 0.717) is 5.82 Å². The second-order valence-corrected chi connectivity index (χ2v) is 4.71. The van der Waals surface area contributed by atoms with Crippen molar-refractivity contribution in [2.45, 2.75) is 52.2 Å². The van der Waals surface area contributed by atoms with Crippen molar-refractivity contribution < 1.29 is 9.84 Å². The van der Waals surface area contributed by atoms with E-state index in [1.54, 1.807) is 13.3 Å². The highest BCUT2D eigenvalue weighted by molar-refractivity contribution is 5.21. The van der Waals surface area contributed by atoms with Gasteiger partial charge in [0.15, 0.2) is 5.82 Å². The largest absolute Gasteiger partial charge is 0.392 e. The molecule has 1 aromatic heterocycles. The molecule has 0 aromatic carbocycles. The minimum Gasteiger partial charge on any atom is -0.392 e. The van der Waals surface area contributed by atoms with Gasteiger partial charge >= 0.3 is 0 Å². The summed E-state index contributed by atoms with van der Waals surface area (Å²) in [5, 5.41) is 9.26. The molecule has 0 saturated carbocycles. The van der Waals surface area contributed by atoms with Crippen LogP contribution in [0.1, 0.15) is 57.1 Å². The SMILES string of the molecule is CCC(C)(OC)c1ncc(CO)c(C(C)C)n1. The first kappa shape index (κ1) is 14.1. The average Bonchev–Trinajstić information content (AvgIpc) is 2.36. The van der Waals surface area contributed by atoms with Crippen LogP contribution in [0.3, 0.4) is 0 Å². The summed E-state index contributed by atoms with van der Waals surface area (Å²) in [6.07, 6.45) is 2.50. The van der Waals surface area contributed by atoms with Crippen LogP contribution in [0, 0.1) is 0 Å². The number of aromatic nitrogens is 2. The summed E-state index contributed by atoms with van der Waals surface area (Å²) >= 11 is 0. The molecule has 4 heteroatoms. The van der Waals surface area contributed by atoms with Gasteiger partial charge in [-0.3, -0.25) is 0 Å². The van der Waals surface area contributed by atoms with E-state index in [9.17, 15) is 5.11 Å². The number of nitrogens with zero attached hydrogens (tertiary/aromatic N) is 2. The van der Waals surface area contributed by atoms with Crippen molar-refractivity contribution in [2.24, 2.45) is 0 Å². The van der Waals surface area contributed by atoms with E-state index >= 15 is 0 Å². The predicted molar refractivity (Wildman–Crippen MR) is 66.7 cm³/mol. The number of hydrogen-bond donors (Lipinski definition) is 1. The standard InChI is InChI=1S/C13H22N2O2/c1-6-13(4,17-5)12-14-7-10(8-16)11(15-12)9(2)3/h7,9,16H,6,8H2,1-5H3. The van der Waals surface area contributed by atoms with E-state index in [2.05, 4.69) is 23.8 Å². The van der Waals surface area contributed by atoms with Gasteiger partial charge < -0.3 is 9.84 Å². The maximum atomic E-state index is 9.26. The molecule has 0 saturated heterocycles. The Bertz CT molecular complexity index is 374. The van der Waals surface area contributed by atoms with Gasteiger partial charge in [0.05, 0.1) is 12.3 Å². The Kier molecular flexibility index (Phi) is 4.60. The Balaban J connectivity index is 3.25. The maximum Gasteiger partial charge on any atom is 0.160 e. The third-order valence-electron chi connectivity index (χ3n) is 3.21. The molecule has 0 aliphatic heterocycles. The first-order valence-electron chi connectivity index (χ1n) is 6.00. The number of aliphatic hydroxyl groups is 1. The summed E-state index contributed by atoms with van der Waals surface area (Å²) in [6, 6.07) is 0. The van der Waals surface area contributed by atoms with Crippen LogP contribution in [0.4, 0.5) is 0 Å². The normalized spacial score (nSPS) is 15.0. The lowest BCUT2D eigenvalue weighted by Crippen LogP contribution is -2.27. The number of hydrogen-bond acceptors (Lipinski definition) is 4. The molecule has 1 N–H and O–H groups in total. The topological polar surface area (TPSA) is 55.2 Å². The number of ether oxygens (including phenoxy) is 1. The molecule has 1 heterocycles. The molecule has 0 bridgehead atoms. The van der Waals surface area contributed by atoms with Crippen molar-refractivity contribution in [1.82, 2.24) is 9.97 Å². The van der Waals surface area contributed by atoms with E-state index in [-0.39, 0.29) is 12.5 Å². The summed E-state index contributed by atoms with van der Waals surface area (Å²) in [5.41, 5.74) is 1.23. The van der Waals surface area contributed by atoms with Gasteiger partial charge in [0, 0.05) is 18.9 Å². The van der Waals surface area contributed by atoms with Gasteiger partial charge in [-0.05, 0) is 19.3 Å². The monoisotopic (exact) mass is 238 g/mol. The molecule has 0 fully saturated rings. The van der Waals surface area contributed by atoms with Crippen molar-refractivity contribution in [1.29, 1.82) is 0 Å². The zero-order chi connectivity index (χ0) is 13.1. The van der Waals surface area contributed by atoms with Gasteiger partial charge in [-0.2, -0.15) is 0 Å². The predicted octanol–water partition coefficient (Wildman–Crippen LogP) is 2.36. The summed E-state index contributed by atoms with van der Waals surface area (Å²) in [5.74, 6) is 0.945. The van der Waals surface area contributed by atoms with Crippen LogP contribution in [0.15, 0.2) is 6.20 Å². The third-order valence-corrected chi connectivity index (χ3v) is 3.21. The quantitative estimate of drug-likeness (QED) is 0.855. The van der Waals surface area contributed by atoms with Crippen LogP contribution < -0.4 is 0 Å². The molecule has 0 amide bonds. The second kappa shape index (κ2) is 5.56. The van der Waals surface area contributed by atoms with E-state index in [1.807, 2.05) is 13.8 Å². The number of aliphatic hydroxyl groups excluding tert-OH is 1. The molecule has 0 radical (unpaired) electrons. The lowest BCUT2D eigenvalue weighted by Gasteiger charge is -2.26. The third kappa shape index (κ3) is 2.82. The van der Waals surface area contributed by atoms with Crippen LogP contribution in [-0.4, -0.2) is 22.2 Å². The van der Waals surface area contributed by atoms with E-state index in [1.165, 1.54) is 0 Å². The minimum atomic E-state index is -0.461. The molecular formula is C13H22N2O2. The number of methoxy groups -OCH3 is 1. The van der Waals surface area contributed by atoms with Crippen molar-refractivity contribution >= 4 is 0 Å². The Morgan fingerprint density at radius 2 is 2.12 bits per heavy atom.